The third-order valence-electron chi connectivity index (χ3n) is 7.91. The van der Waals surface area contributed by atoms with Gasteiger partial charge >= 0.3 is 0 Å². The smallest absolute Gasteiger partial charge is 0.243 e. The van der Waals surface area contributed by atoms with Gasteiger partial charge < -0.3 is 10.2 Å². The average Bonchev–Trinajstić information content (AvgIpc) is 3.62. The first-order valence-corrected chi connectivity index (χ1v) is 16.5. The van der Waals surface area contributed by atoms with Crippen LogP contribution in [0.5, 0.6) is 0 Å². The van der Waals surface area contributed by atoms with Crippen LogP contribution in [0.15, 0.2) is 114 Å². The number of aromatic nitrogens is 1. The quantitative estimate of drug-likeness (QED) is 0.236. The molecule has 2 amide bonds. The van der Waals surface area contributed by atoms with Crippen LogP contribution in [-0.4, -0.2) is 53.6 Å². The number of hydrogen-bond acceptors (Lipinski definition) is 5. The first kappa shape index (κ1) is 31.1. The molecule has 0 spiro atoms. The molecule has 1 saturated heterocycles. The molecule has 0 bridgehead atoms. The van der Waals surface area contributed by atoms with Gasteiger partial charge in [0.05, 0.1) is 4.90 Å². The normalized spacial score (nSPS) is 14.2. The van der Waals surface area contributed by atoms with Gasteiger partial charge in [0.15, 0.2) is 0 Å². The van der Waals surface area contributed by atoms with Crippen molar-refractivity contribution in [1.82, 2.24) is 19.5 Å². The predicted octanol–water partition coefficient (Wildman–Crippen LogP) is 4.76. The molecule has 0 radical (unpaired) electrons. The fraction of sp³-hybridized carbons (Fsp3) is 0.286. The van der Waals surface area contributed by atoms with E-state index in [0.717, 1.165) is 35.1 Å². The second kappa shape index (κ2) is 14.9. The Balaban J connectivity index is 1.35. The molecular formula is C35H38N4O4S. The van der Waals surface area contributed by atoms with Crippen molar-refractivity contribution in [2.75, 3.05) is 13.1 Å². The van der Waals surface area contributed by atoms with Gasteiger partial charge in [-0.1, -0.05) is 78.9 Å². The van der Waals surface area contributed by atoms with E-state index in [1.807, 2.05) is 72.8 Å². The predicted molar refractivity (Wildman–Crippen MR) is 170 cm³/mol. The van der Waals surface area contributed by atoms with E-state index in [1.165, 1.54) is 4.31 Å². The second-order valence-electron chi connectivity index (χ2n) is 11.0. The summed E-state index contributed by atoms with van der Waals surface area (Å²) in [5, 5.41) is 3.02. The lowest BCUT2D eigenvalue weighted by molar-refractivity contribution is -0.141. The van der Waals surface area contributed by atoms with Crippen molar-refractivity contribution in [3.05, 3.63) is 132 Å². The van der Waals surface area contributed by atoms with Gasteiger partial charge in [-0.05, 0) is 59.7 Å². The first-order chi connectivity index (χ1) is 21.4. The van der Waals surface area contributed by atoms with Crippen LogP contribution in [0.25, 0.3) is 0 Å². The van der Waals surface area contributed by atoms with E-state index in [0.29, 0.717) is 32.5 Å². The third-order valence-corrected chi connectivity index (χ3v) is 9.82. The zero-order valence-corrected chi connectivity index (χ0v) is 25.5. The maximum absolute atomic E-state index is 14.0. The number of nitrogens with zero attached hydrogens (tertiary/aromatic N) is 3. The van der Waals surface area contributed by atoms with Crippen molar-refractivity contribution in [1.29, 1.82) is 0 Å². The summed E-state index contributed by atoms with van der Waals surface area (Å²) in [6.45, 7) is 1.69. The lowest BCUT2D eigenvalue weighted by Gasteiger charge is -2.31. The van der Waals surface area contributed by atoms with E-state index in [2.05, 4.69) is 10.3 Å². The summed E-state index contributed by atoms with van der Waals surface area (Å²) in [4.78, 5) is 33.8. The summed E-state index contributed by atoms with van der Waals surface area (Å²) >= 11 is 0. The van der Waals surface area contributed by atoms with Crippen molar-refractivity contribution in [2.24, 2.45) is 0 Å². The molecule has 228 valence electrons. The molecule has 5 rings (SSSR count). The number of carbonyl (C=O) groups is 2. The van der Waals surface area contributed by atoms with Crippen LogP contribution in [0, 0.1) is 0 Å². The Morgan fingerprint density at radius 1 is 0.795 bits per heavy atom. The monoisotopic (exact) mass is 610 g/mol. The van der Waals surface area contributed by atoms with Crippen LogP contribution in [-0.2, 0) is 45.5 Å². The number of rotatable bonds is 13. The number of pyridine rings is 1. The number of amides is 2. The minimum Gasteiger partial charge on any atom is -0.350 e. The van der Waals surface area contributed by atoms with Crippen LogP contribution < -0.4 is 5.32 Å². The Hall–Kier alpha value is -4.34. The zero-order chi connectivity index (χ0) is 30.8. The largest absolute Gasteiger partial charge is 0.350 e. The molecule has 1 N–H and O–H groups in total. The van der Waals surface area contributed by atoms with Gasteiger partial charge in [-0.15, -0.1) is 0 Å². The molecule has 0 unspecified atom stereocenters. The molecule has 4 aromatic rings. The molecule has 8 nitrogen and oxygen atoms in total. The number of hydrogen-bond donors (Lipinski definition) is 1. The molecule has 44 heavy (non-hydrogen) atoms. The van der Waals surface area contributed by atoms with Crippen molar-refractivity contribution >= 4 is 21.8 Å². The number of benzene rings is 3. The minimum atomic E-state index is -3.50. The number of carbonyl (C=O) groups excluding carboxylic acids is 2. The Morgan fingerprint density at radius 2 is 1.43 bits per heavy atom. The minimum absolute atomic E-state index is 0.153. The van der Waals surface area contributed by atoms with Gasteiger partial charge in [0.25, 0.3) is 0 Å². The van der Waals surface area contributed by atoms with E-state index >= 15 is 0 Å². The standard InChI is InChI=1S/C35H38N4O4S/c40-34(20-17-28-15-18-32(19-16-28)44(42,43)38-22-7-8-23-38)39(27-30-12-5-2-6-13-30)33(24-29-10-3-1-4-11-29)35(41)37-26-31-14-9-21-36-25-31/h1-6,9-16,18-19,21,25,33H,7-8,17,20,22-24,26-27H2,(H,37,41)/t33-/m0/s1. The molecule has 9 heteroatoms. The van der Waals surface area contributed by atoms with Crippen molar-refractivity contribution in [3.63, 3.8) is 0 Å². The van der Waals surface area contributed by atoms with E-state index in [1.54, 1.807) is 41.6 Å². The molecule has 0 saturated carbocycles. The van der Waals surface area contributed by atoms with Crippen LogP contribution in [0.4, 0.5) is 0 Å². The Labute approximate surface area is 259 Å². The summed E-state index contributed by atoms with van der Waals surface area (Å²) in [6, 6.07) is 29.2. The van der Waals surface area contributed by atoms with Gasteiger partial charge in [0.1, 0.15) is 6.04 Å². The van der Waals surface area contributed by atoms with E-state index in [4.69, 9.17) is 0 Å². The Morgan fingerprint density at radius 3 is 2.07 bits per heavy atom. The van der Waals surface area contributed by atoms with Crippen molar-refractivity contribution in [3.8, 4) is 0 Å². The summed E-state index contributed by atoms with van der Waals surface area (Å²) in [7, 11) is -3.50. The topological polar surface area (TPSA) is 99.7 Å². The van der Waals surface area contributed by atoms with Crippen LogP contribution >= 0.6 is 0 Å². The second-order valence-corrected chi connectivity index (χ2v) is 13.0. The van der Waals surface area contributed by atoms with Gasteiger partial charge in [0, 0.05) is 51.4 Å². The lowest BCUT2D eigenvalue weighted by Crippen LogP contribution is -2.50. The highest BCUT2D eigenvalue weighted by atomic mass is 32.2. The Bertz CT molecular complexity index is 1610. The number of aryl methyl sites for hydroxylation is 1. The third kappa shape index (κ3) is 8.18. The molecule has 1 aromatic heterocycles. The molecule has 1 aliphatic heterocycles. The summed E-state index contributed by atoms with van der Waals surface area (Å²) in [5.41, 5.74) is 3.61. The molecule has 1 aliphatic rings. The van der Waals surface area contributed by atoms with Crippen LogP contribution in [0.1, 0.15) is 41.5 Å². The molecular weight excluding hydrogens is 572 g/mol. The highest BCUT2D eigenvalue weighted by Crippen LogP contribution is 2.22. The summed E-state index contributed by atoms with van der Waals surface area (Å²) in [5.74, 6) is -0.390. The first-order valence-electron chi connectivity index (χ1n) is 15.0. The van der Waals surface area contributed by atoms with Crippen molar-refractivity contribution < 1.29 is 18.0 Å². The van der Waals surface area contributed by atoms with E-state index < -0.39 is 16.1 Å². The Kier molecular flexibility index (Phi) is 10.5. The van der Waals surface area contributed by atoms with E-state index in [-0.39, 0.29) is 29.7 Å². The maximum Gasteiger partial charge on any atom is 0.243 e. The lowest BCUT2D eigenvalue weighted by atomic mass is 10.0. The highest BCUT2D eigenvalue weighted by molar-refractivity contribution is 7.89. The fourth-order valence-corrected chi connectivity index (χ4v) is 6.96. The molecule has 0 aliphatic carbocycles. The average molecular weight is 611 g/mol. The molecule has 1 atom stereocenters. The van der Waals surface area contributed by atoms with Crippen LogP contribution in [0.3, 0.4) is 0 Å². The highest BCUT2D eigenvalue weighted by Gasteiger charge is 2.30. The summed E-state index contributed by atoms with van der Waals surface area (Å²) < 4.78 is 27.4. The van der Waals surface area contributed by atoms with Crippen LogP contribution in [0.2, 0.25) is 0 Å². The molecule has 3 aromatic carbocycles. The zero-order valence-electron chi connectivity index (χ0n) is 24.7. The fourth-order valence-electron chi connectivity index (χ4n) is 5.44. The molecule has 2 heterocycles. The van der Waals surface area contributed by atoms with E-state index in [9.17, 15) is 18.0 Å². The maximum atomic E-state index is 14.0. The van der Waals surface area contributed by atoms with Gasteiger partial charge in [-0.3, -0.25) is 14.6 Å². The van der Waals surface area contributed by atoms with Gasteiger partial charge in [0.2, 0.25) is 21.8 Å². The summed E-state index contributed by atoms with van der Waals surface area (Å²) in [6.07, 6.45) is 6.11. The number of nitrogens with one attached hydrogen (secondary N) is 1. The van der Waals surface area contributed by atoms with Gasteiger partial charge in [-0.2, -0.15) is 4.31 Å². The molecule has 1 fully saturated rings. The van der Waals surface area contributed by atoms with Crippen molar-refractivity contribution in [2.45, 2.75) is 56.1 Å². The SMILES string of the molecule is O=C(NCc1cccnc1)[C@H](Cc1ccccc1)N(Cc1ccccc1)C(=O)CCc1ccc(S(=O)(=O)N2CCCC2)cc1. The van der Waals surface area contributed by atoms with Gasteiger partial charge in [-0.25, -0.2) is 8.42 Å². The number of sulfonamides is 1.